The second kappa shape index (κ2) is 6.12. The number of nitrogens with zero attached hydrogens (tertiary/aromatic N) is 2. The predicted octanol–water partition coefficient (Wildman–Crippen LogP) is 1.87. The summed E-state index contributed by atoms with van der Waals surface area (Å²) in [5.41, 5.74) is 1.60. The minimum absolute atomic E-state index is 0.0665. The Balaban J connectivity index is 2.73. The lowest BCUT2D eigenvalue weighted by Crippen LogP contribution is -2.28. The van der Waals surface area contributed by atoms with Gasteiger partial charge in [-0.15, -0.1) is 0 Å². The maximum absolute atomic E-state index is 11.9. The van der Waals surface area contributed by atoms with E-state index in [9.17, 15) is 4.79 Å². The molecule has 0 aromatic carbocycles. The second-order valence-electron chi connectivity index (χ2n) is 4.36. The highest BCUT2D eigenvalue weighted by molar-refractivity contribution is 9.10. The molecule has 0 amide bonds. The topological polar surface area (TPSA) is 46.9 Å². The summed E-state index contributed by atoms with van der Waals surface area (Å²) in [5, 5.41) is 3.26. The van der Waals surface area contributed by atoms with Crippen molar-refractivity contribution in [3.8, 4) is 0 Å². The Morgan fingerprint density at radius 2 is 2.29 bits per heavy atom. The van der Waals surface area contributed by atoms with Gasteiger partial charge in [0.2, 0.25) is 0 Å². The maximum Gasteiger partial charge on any atom is 0.268 e. The van der Waals surface area contributed by atoms with Crippen LogP contribution in [0, 0.1) is 6.92 Å². The van der Waals surface area contributed by atoms with Gasteiger partial charge in [0.1, 0.15) is 4.47 Å². The highest BCUT2D eigenvalue weighted by Gasteiger charge is 2.06. The fraction of sp³-hybridized carbons (Fsp3) is 0.500. The van der Waals surface area contributed by atoms with E-state index in [1.165, 1.54) is 0 Å². The first-order chi connectivity index (χ1) is 7.91. The van der Waals surface area contributed by atoms with Crippen LogP contribution in [0.1, 0.15) is 19.5 Å². The van der Waals surface area contributed by atoms with E-state index in [4.69, 9.17) is 0 Å². The summed E-state index contributed by atoms with van der Waals surface area (Å²) in [5.74, 6) is 0. The van der Waals surface area contributed by atoms with Crippen molar-refractivity contribution in [2.24, 2.45) is 0 Å². The Morgan fingerprint density at radius 1 is 1.65 bits per heavy atom. The van der Waals surface area contributed by atoms with Crippen LogP contribution >= 0.6 is 15.9 Å². The Bertz CT molecular complexity index is 465. The monoisotopic (exact) mass is 299 g/mol. The van der Waals surface area contributed by atoms with Crippen molar-refractivity contribution in [3.63, 3.8) is 0 Å². The lowest BCUT2D eigenvalue weighted by molar-refractivity contribution is 0.597. The van der Waals surface area contributed by atoms with Gasteiger partial charge >= 0.3 is 0 Å². The van der Waals surface area contributed by atoms with E-state index in [-0.39, 0.29) is 5.56 Å². The third-order valence-electron chi connectivity index (χ3n) is 2.31. The number of aryl methyl sites for hydroxylation is 1. The van der Waals surface area contributed by atoms with Gasteiger partial charge in [0, 0.05) is 19.1 Å². The van der Waals surface area contributed by atoms with Crippen molar-refractivity contribution >= 4 is 15.9 Å². The lowest BCUT2D eigenvalue weighted by Gasteiger charge is -2.12. The van der Waals surface area contributed by atoms with Crippen molar-refractivity contribution in [3.05, 3.63) is 39.0 Å². The molecule has 0 bridgehead atoms. The Labute approximate surface area is 110 Å². The van der Waals surface area contributed by atoms with Crippen molar-refractivity contribution in [1.29, 1.82) is 0 Å². The first kappa shape index (κ1) is 14.1. The zero-order chi connectivity index (χ0) is 13.0. The van der Waals surface area contributed by atoms with Crippen LogP contribution < -0.4 is 10.9 Å². The molecule has 1 aromatic heterocycles. The van der Waals surface area contributed by atoms with E-state index in [1.54, 1.807) is 17.8 Å². The summed E-state index contributed by atoms with van der Waals surface area (Å²) < 4.78 is 2.08. The van der Waals surface area contributed by atoms with Gasteiger partial charge in [-0.25, -0.2) is 4.98 Å². The molecule has 0 atom stereocenters. The molecule has 1 rings (SSSR count). The smallest absolute Gasteiger partial charge is 0.268 e. The maximum atomic E-state index is 11.9. The summed E-state index contributed by atoms with van der Waals surface area (Å²) in [6.07, 6.45) is 1.56. The van der Waals surface area contributed by atoms with Gasteiger partial charge in [-0.2, -0.15) is 0 Å². The molecule has 0 unspecified atom stereocenters. The van der Waals surface area contributed by atoms with E-state index in [2.05, 4.69) is 46.7 Å². The van der Waals surface area contributed by atoms with Crippen molar-refractivity contribution in [1.82, 2.24) is 14.9 Å². The average molecular weight is 300 g/mol. The number of nitrogens with one attached hydrogen (secondary N) is 1. The molecule has 0 saturated carbocycles. The van der Waals surface area contributed by atoms with E-state index in [0.717, 1.165) is 5.57 Å². The van der Waals surface area contributed by atoms with Crippen LogP contribution in [0.4, 0.5) is 0 Å². The molecule has 0 saturated heterocycles. The molecule has 1 N–H and O–H groups in total. The number of hydrogen-bond acceptors (Lipinski definition) is 3. The highest BCUT2D eigenvalue weighted by Crippen LogP contribution is 2.06. The molecular formula is C12H18BrN3O. The molecular weight excluding hydrogens is 282 g/mol. The fourth-order valence-electron chi connectivity index (χ4n) is 1.30. The second-order valence-corrected chi connectivity index (χ2v) is 5.16. The van der Waals surface area contributed by atoms with Crippen LogP contribution in [0.3, 0.4) is 0 Å². The molecule has 0 aliphatic rings. The average Bonchev–Trinajstić information content (AvgIpc) is 2.27. The van der Waals surface area contributed by atoms with Gasteiger partial charge in [0.05, 0.1) is 12.0 Å². The third-order valence-corrected chi connectivity index (χ3v) is 3.22. The molecule has 17 heavy (non-hydrogen) atoms. The molecule has 94 valence electrons. The summed E-state index contributed by atoms with van der Waals surface area (Å²) in [6.45, 7) is 11.1. The summed E-state index contributed by atoms with van der Waals surface area (Å²) in [4.78, 5) is 16.0. The van der Waals surface area contributed by atoms with Gasteiger partial charge < -0.3 is 5.32 Å². The first-order valence-corrected chi connectivity index (χ1v) is 6.32. The van der Waals surface area contributed by atoms with Crippen LogP contribution in [0.25, 0.3) is 0 Å². The lowest BCUT2D eigenvalue weighted by atomic mass is 10.2. The van der Waals surface area contributed by atoms with Gasteiger partial charge in [-0.3, -0.25) is 9.36 Å². The molecule has 4 nitrogen and oxygen atoms in total. The van der Waals surface area contributed by atoms with Crippen molar-refractivity contribution in [2.45, 2.75) is 33.4 Å². The SMILES string of the molecule is C=C(CNC(C)C)Cn1cnc(C)c(Br)c1=O. The number of aromatic nitrogens is 2. The number of hydrogen-bond donors (Lipinski definition) is 1. The molecule has 0 radical (unpaired) electrons. The van der Waals surface area contributed by atoms with Crippen LogP contribution in [-0.4, -0.2) is 22.1 Å². The quantitative estimate of drug-likeness (QED) is 0.845. The third kappa shape index (κ3) is 4.09. The summed E-state index contributed by atoms with van der Waals surface area (Å²) in [6, 6.07) is 0.409. The van der Waals surface area contributed by atoms with Crippen LogP contribution in [0.2, 0.25) is 0 Å². The van der Waals surface area contributed by atoms with E-state index in [1.807, 2.05) is 0 Å². The minimum Gasteiger partial charge on any atom is -0.311 e. The minimum atomic E-state index is -0.0665. The van der Waals surface area contributed by atoms with Crippen LogP contribution in [0.15, 0.2) is 27.7 Å². The Morgan fingerprint density at radius 3 is 2.88 bits per heavy atom. The number of halogens is 1. The number of rotatable bonds is 5. The predicted molar refractivity (Wildman–Crippen MR) is 73.2 cm³/mol. The van der Waals surface area contributed by atoms with Gasteiger partial charge in [0.15, 0.2) is 0 Å². The summed E-state index contributed by atoms with van der Waals surface area (Å²) >= 11 is 3.24. The molecule has 1 aromatic rings. The van der Waals surface area contributed by atoms with Crippen LogP contribution in [0.5, 0.6) is 0 Å². The zero-order valence-electron chi connectivity index (χ0n) is 10.5. The van der Waals surface area contributed by atoms with E-state index >= 15 is 0 Å². The van der Waals surface area contributed by atoms with Crippen LogP contribution in [-0.2, 0) is 6.54 Å². The molecule has 0 fully saturated rings. The Kier molecular flexibility index (Phi) is 5.08. The molecule has 1 heterocycles. The van der Waals surface area contributed by atoms with Gasteiger partial charge in [-0.1, -0.05) is 20.4 Å². The standard InChI is InChI=1S/C12H18BrN3O/c1-8(2)14-5-9(3)6-16-7-15-10(4)11(13)12(16)17/h7-8,14H,3,5-6H2,1-2,4H3. The van der Waals surface area contributed by atoms with E-state index < -0.39 is 0 Å². The normalized spacial score (nSPS) is 10.9. The van der Waals surface area contributed by atoms with Crippen molar-refractivity contribution in [2.75, 3.05) is 6.54 Å². The first-order valence-electron chi connectivity index (χ1n) is 5.53. The van der Waals surface area contributed by atoms with Gasteiger partial charge in [0.25, 0.3) is 5.56 Å². The highest BCUT2D eigenvalue weighted by atomic mass is 79.9. The van der Waals surface area contributed by atoms with E-state index in [0.29, 0.717) is 29.3 Å². The zero-order valence-corrected chi connectivity index (χ0v) is 12.0. The molecule has 5 heteroatoms. The van der Waals surface area contributed by atoms with Gasteiger partial charge in [-0.05, 0) is 28.4 Å². The molecule has 0 aliphatic heterocycles. The largest absolute Gasteiger partial charge is 0.311 e. The molecule has 0 aliphatic carbocycles. The molecule has 0 spiro atoms. The Hall–Kier alpha value is -0.940. The summed E-state index contributed by atoms with van der Waals surface area (Å²) in [7, 11) is 0. The van der Waals surface area contributed by atoms with Crippen molar-refractivity contribution < 1.29 is 0 Å². The fourth-order valence-corrected chi connectivity index (χ4v) is 1.63.